The summed E-state index contributed by atoms with van der Waals surface area (Å²) in [5, 5.41) is 0. The average Bonchev–Trinajstić information content (AvgIpc) is 2.37. The molecule has 1 rings (SSSR count). The molecule has 3 nitrogen and oxygen atoms in total. The Morgan fingerprint density at radius 3 is 3.09 bits per heavy atom. The maximum absolute atomic E-state index is 9.72. The molecule has 0 radical (unpaired) electrons. The van der Waals surface area contributed by atoms with Gasteiger partial charge in [0.15, 0.2) is 0 Å². The molecule has 1 heterocycles. The van der Waals surface area contributed by atoms with E-state index in [4.69, 9.17) is 0 Å². The van der Waals surface area contributed by atoms with E-state index in [1.807, 2.05) is 29.9 Å². The molecule has 1 aromatic rings. The third kappa shape index (κ3) is 2.06. The standard InChI is InChI=1S/C8H10N2O/c1-10-6-2-3-8(10)4-5-9-7-11/h2-3,6H,4-5H2,1H3. The molecular formula is C8H10N2O. The molecule has 0 atom stereocenters. The Bertz CT molecular complexity index is 271. The van der Waals surface area contributed by atoms with E-state index in [-0.39, 0.29) is 0 Å². The maximum Gasteiger partial charge on any atom is 0.234 e. The predicted octanol–water partition coefficient (Wildman–Crippen LogP) is 0.903. The quantitative estimate of drug-likeness (QED) is 0.465. The highest BCUT2D eigenvalue weighted by Gasteiger charge is 1.94. The van der Waals surface area contributed by atoms with Crippen molar-refractivity contribution in [3.8, 4) is 0 Å². The van der Waals surface area contributed by atoms with Gasteiger partial charge in [0.2, 0.25) is 6.08 Å². The summed E-state index contributed by atoms with van der Waals surface area (Å²) in [5.74, 6) is 0. The minimum Gasteiger partial charge on any atom is -0.354 e. The van der Waals surface area contributed by atoms with Crippen LogP contribution < -0.4 is 0 Å². The largest absolute Gasteiger partial charge is 0.354 e. The van der Waals surface area contributed by atoms with Gasteiger partial charge >= 0.3 is 0 Å². The van der Waals surface area contributed by atoms with E-state index >= 15 is 0 Å². The average molecular weight is 150 g/mol. The number of aliphatic imine (C=N–C) groups is 1. The van der Waals surface area contributed by atoms with Gasteiger partial charge in [0.25, 0.3) is 0 Å². The molecule has 0 saturated carbocycles. The van der Waals surface area contributed by atoms with Crippen LogP contribution in [0.5, 0.6) is 0 Å². The highest BCUT2D eigenvalue weighted by Crippen LogP contribution is 1.99. The van der Waals surface area contributed by atoms with Crippen LogP contribution in [0.4, 0.5) is 0 Å². The number of nitrogens with zero attached hydrogens (tertiary/aromatic N) is 2. The minimum atomic E-state index is 0.529. The molecule has 0 saturated heterocycles. The fourth-order valence-electron chi connectivity index (χ4n) is 0.972. The summed E-state index contributed by atoms with van der Waals surface area (Å²) < 4.78 is 2.01. The second-order valence-electron chi connectivity index (χ2n) is 2.33. The van der Waals surface area contributed by atoms with Gasteiger partial charge in [0.1, 0.15) is 0 Å². The van der Waals surface area contributed by atoms with Gasteiger partial charge < -0.3 is 4.57 Å². The van der Waals surface area contributed by atoms with Crippen LogP contribution in [0, 0.1) is 0 Å². The zero-order valence-corrected chi connectivity index (χ0v) is 6.45. The molecule has 0 aliphatic carbocycles. The first-order chi connectivity index (χ1) is 5.34. The van der Waals surface area contributed by atoms with E-state index in [2.05, 4.69) is 4.99 Å². The van der Waals surface area contributed by atoms with Gasteiger partial charge in [-0.2, -0.15) is 0 Å². The molecule has 11 heavy (non-hydrogen) atoms. The Balaban J connectivity index is 2.50. The van der Waals surface area contributed by atoms with E-state index in [9.17, 15) is 4.79 Å². The van der Waals surface area contributed by atoms with Crippen molar-refractivity contribution >= 4 is 6.08 Å². The van der Waals surface area contributed by atoms with Crippen LogP contribution in [0.25, 0.3) is 0 Å². The Hall–Kier alpha value is -1.34. The second kappa shape index (κ2) is 3.74. The van der Waals surface area contributed by atoms with Crippen molar-refractivity contribution in [1.29, 1.82) is 0 Å². The normalized spacial score (nSPS) is 9.18. The Morgan fingerprint density at radius 2 is 2.55 bits per heavy atom. The van der Waals surface area contributed by atoms with Gasteiger partial charge in [-0.05, 0) is 12.1 Å². The molecule has 0 fully saturated rings. The first kappa shape index (κ1) is 7.76. The van der Waals surface area contributed by atoms with E-state index in [0.29, 0.717) is 6.54 Å². The fourth-order valence-corrected chi connectivity index (χ4v) is 0.972. The molecule has 0 aromatic carbocycles. The summed E-state index contributed by atoms with van der Waals surface area (Å²) >= 11 is 0. The molecule has 0 aliphatic heterocycles. The smallest absolute Gasteiger partial charge is 0.234 e. The molecule has 0 N–H and O–H groups in total. The van der Waals surface area contributed by atoms with Crippen molar-refractivity contribution in [1.82, 2.24) is 4.57 Å². The van der Waals surface area contributed by atoms with Gasteiger partial charge in [-0.1, -0.05) is 0 Å². The van der Waals surface area contributed by atoms with Crippen molar-refractivity contribution in [3.63, 3.8) is 0 Å². The zero-order valence-electron chi connectivity index (χ0n) is 6.45. The third-order valence-corrected chi connectivity index (χ3v) is 1.60. The number of aromatic nitrogens is 1. The SMILES string of the molecule is Cn1cccc1CCN=C=O. The lowest BCUT2D eigenvalue weighted by atomic mass is 10.3. The van der Waals surface area contributed by atoms with Crippen LogP contribution in [-0.4, -0.2) is 17.2 Å². The van der Waals surface area contributed by atoms with Crippen LogP contribution in [0.15, 0.2) is 23.3 Å². The summed E-state index contributed by atoms with van der Waals surface area (Å²) in [4.78, 5) is 13.2. The van der Waals surface area contributed by atoms with E-state index in [1.165, 1.54) is 11.8 Å². The van der Waals surface area contributed by atoms with Crippen molar-refractivity contribution in [3.05, 3.63) is 24.0 Å². The Labute approximate surface area is 65.4 Å². The van der Waals surface area contributed by atoms with Crippen LogP contribution >= 0.6 is 0 Å². The predicted molar refractivity (Wildman–Crippen MR) is 42.1 cm³/mol. The lowest BCUT2D eigenvalue weighted by Gasteiger charge is -1.97. The lowest BCUT2D eigenvalue weighted by Crippen LogP contribution is -1.96. The summed E-state index contributed by atoms with van der Waals surface area (Å²) in [6.07, 6.45) is 4.29. The van der Waals surface area contributed by atoms with Crippen molar-refractivity contribution in [2.75, 3.05) is 6.54 Å². The minimum absolute atomic E-state index is 0.529. The van der Waals surface area contributed by atoms with E-state index in [1.54, 1.807) is 0 Å². The molecule has 1 aromatic heterocycles. The number of aryl methyl sites for hydroxylation is 1. The molecule has 3 heteroatoms. The van der Waals surface area contributed by atoms with Crippen molar-refractivity contribution in [2.45, 2.75) is 6.42 Å². The second-order valence-corrected chi connectivity index (χ2v) is 2.33. The number of hydrogen-bond acceptors (Lipinski definition) is 2. The van der Waals surface area contributed by atoms with Gasteiger partial charge in [-0.25, -0.2) is 9.79 Å². The highest BCUT2D eigenvalue weighted by atomic mass is 16.1. The molecule has 0 amide bonds. The van der Waals surface area contributed by atoms with Crippen LogP contribution in [0.1, 0.15) is 5.69 Å². The molecule has 58 valence electrons. The van der Waals surface area contributed by atoms with E-state index < -0.39 is 0 Å². The highest BCUT2D eigenvalue weighted by molar-refractivity contribution is 5.32. The molecule has 0 bridgehead atoms. The third-order valence-electron chi connectivity index (χ3n) is 1.60. The summed E-state index contributed by atoms with van der Waals surface area (Å²) in [6.45, 7) is 0.529. The van der Waals surface area contributed by atoms with Crippen molar-refractivity contribution < 1.29 is 4.79 Å². The number of rotatable bonds is 3. The van der Waals surface area contributed by atoms with Gasteiger partial charge in [0.05, 0.1) is 6.54 Å². The van der Waals surface area contributed by atoms with Crippen LogP contribution in [0.2, 0.25) is 0 Å². The van der Waals surface area contributed by atoms with Crippen molar-refractivity contribution in [2.24, 2.45) is 12.0 Å². The molecule has 0 spiro atoms. The first-order valence-corrected chi connectivity index (χ1v) is 3.48. The lowest BCUT2D eigenvalue weighted by molar-refractivity contribution is 0.562. The molecule has 0 aliphatic rings. The first-order valence-electron chi connectivity index (χ1n) is 3.48. The summed E-state index contributed by atoms with van der Waals surface area (Å²) in [5.41, 5.74) is 1.18. The van der Waals surface area contributed by atoms with E-state index in [0.717, 1.165) is 6.42 Å². The maximum atomic E-state index is 9.72. The Morgan fingerprint density at radius 1 is 1.73 bits per heavy atom. The van der Waals surface area contributed by atoms with Crippen LogP contribution in [0.3, 0.4) is 0 Å². The fraction of sp³-hybridized carbons (Fsp3) is 0.375. The zero-order chi connectivity index (χ0) is 8.10. The molecular weight excluding hydrogens is 140 g/mol. The summed E-state index contributed by atoms with van der Waals surface area (Å²) in [7, 11) is 1.97. The molecule has 0 unspecified atom stereocenters. The van der Waals surface area contributed by atoms with Gasteiger partial charge in [-0.15, -0.1) is 0 Å². The monoisotopic (exact) mass is 150 g/mol. The number of isocyanates is 1. The number of hydrogen-bond donors (Lipinski definition) is 0. The summed E-state index contributed by atoms with van der Waals surface area (Å²) in [6, 6.07) is 3.99. The van der Waals surface area contributed by atoms with Gasteiger partial charge in [-0.3, -0.25) is 0 Å². The Kier molecular flexibility index (Phi) is 2.64. The topological polar surface area (TPSA) is 34.4 Å². The van der Waals surface area contributed by atoms with Crippen LogP contribution in [-0.2, 0) is 18.3 Å². The number of carbonyl (C=O) groups excluding carboxylic acids is 1. The van der Waals surface area contributed by atoms with Gasteiger partial charge in [0, 0.05) is 25.4 Å².